The van der Waals surface area contributed by atoms with Crippen LogP contribution in [-0.4, -0.2) is 10.9 Å². The van der Waals surface area contributed by atoms with E-state index >= 15 is 0 Å². The van der Waals surface area contributed by atoms with Crippen LogP contribution in [0.4, 0.5) is 4.39 Å². The molecule has 1 N–H and O–H groups in total. The summed E-state index contributed by atoms with van der Waals surface area (Å²) in [5, 5.41) is 2.81. The normalized spacial score (nSPS) is 10.7. The minimum absolute atomic E-state index is 0.212. The van der Waals surface area contributed by atoms with E-state index < -0.39 is 0 Å². The molecule has 5 heteroatoms. The van der Waals surface area contributed by atoms with Crippen molar-refractivity contribution in [2.75, 3.05) is 0 Å². The molecule has 3 rings (SSSR count). The van der Waals surface area contributed by atoms with E-state index in [0.717, 1.165) is 22.4 Å². The second kappa shape index (κ2) is 9.29. The first-order chi connectivity index (χ1) is 13.2. The summed E-state index contributed by atoms with van der Waals surface area (Å²) >= 11 is 0. The molecule has 1 amide bonds. The highest BCUT2D eigenvalue weighted by Gasteiger charge is 2.00. The number of aromatic nitrogens is 1. The Hall–Kier alpha value is -3.47. The van der Waals surface area contributed by atoms with Crippen LogP contribution in [0.1, 0.15) is 16.7 Å². The van der Waals surface area contributed by atoms with Crippen LogP contribution in [0.5, 0.6) is 5.75 Å². The fourth-order valence-corrected chi connectivity index (χ4v) is 2.35. The molecule has 0 spiro atoms. The van der Waals surface area contributed by atoms with Gasteiger partial charge in [0.25, 0.3) is 0 Å². The first-order valence-corrected chi connectivity index (χ1v) is 8.51. The van der Waals surface area contributed by atoms with Crippen LogP contribution in [-0.2, 0) is 17.9 Å². The van der Waals surface area contributed by atoms with Crippen LogP contribution in [0.2, 0.25) is 0 Å². The number of halogens is 1. The van der Waals surface area contributed by atoms with Crippen LogP contribution in [0, 0.1) is 5.82 Å². The Morgan fingerprint density at radius 2 is 1.81 bits per heavy atom. The number of carbonyl (C=O) groups is 1. The molecule has 0 aliphatic rings. The predicted molar refractivity (Wildman–Crippen MR) is 102 cm³/mol. The number of amides is 1. The van der Waals surface area contributed by atoms with Gasteiger partial charge in [-0.25, -0.2) is 4.39 Å². The maximum absolute atomic E-state index is 12.8. The highest BCUT2D eigenvalue weighted by molar-refractivity contribution is 5.91. The summed E-state index contributed by atoms with van der Waals surface area (Å²) in [6.45, 7) is 0.869. The third-order valence-electron chi connectivity index (χ3n) is 3.82. The molecule has 0 unspecified atom stereocenters. The van der Waals surface area contributed by atoms with Crippen LogP contribution in [0.25, 0.3) is 6.08 Å². The summed E-state index contributed by atoms with van der Waals surface area (Å²) in [6.07, 6.45) is 6.56. The van der Waals surface area contributed by atoms with E-state index in [1.54, 1.807) is 30.6 Å². The summed E-state index contributed by atoms with van der Waals surface area (Å²) in [5.74, 6) is 0.242. The first-order valence-electron chi connectivity index (χ1n) is 8.51. The zero-order valence-corrected chi connectivity index (χ0v) is 14.6. The van der Waals surface area contributed by atoms with Gasteiger partial charge in [-0.05, 0) is 47.5 Å². The molecular formula is C22H19FN2O2. The number of nitrogens with zero attached hydrogens (tertiary/aromatic N) is 1. The largest absolute Gasteiger partial charge is 0.489 e. The highest BCUT2D eigenvalue weighted by atomic mass is 19.1. The van der Waals surface area contributed by atoms with E-state index in [0.29, 0.717) is 13.2 Å². The molecule has 2 aromatic carbocycles. The zero-order valence-electron chi connectivity index (χ0n) is 14.6. The molecule has 27 heavy (non-hydrogen) atoms. The highest BCUT2D eigenvalue weighted by Crippen LogP contribution is 2.14. The number of rotatable bonds is 7. The van der Waals surface area contributed by atoms with E-state index in [9.17, 15) is 9.18 Å². The monoisotopic (exact) mass is 362 g/mol. The number of hydrogen-bond donors (Lipinski definition) is 1. The van der Waals surface area contributed by atoms with Gasteiger partial charge in [0.1, 0.15) is 18.2 Å². The average Bonchev–Trinajstić information content (AvgIpc) is 2.72. The van der Waals surface area contributed by atoms with Crippen LogP contribution < -0.4 is 10.1 Å². The molecule has 0 saturated heterocycles. The van der Waals surface area contributed by atoms with Crippen LogP contribution in [0.3, 0.4) is 0 Å². The molecule has 3 aromatic rings. The molecule has 0 saturated carbocycles. The van der Waals surface area contributed by atoms with E-state index in [1.807, 2.05) is 36.4 Å². The van der Waals surface area contributed by atoms with Gasteiger partial charge in [-0.2, -0.15) is 0 Å². The minimum atomic E-state index is -0.301. The average molecular weight is 362 g/mol. The molecule has 136 valence electrons. The van der Waals surface area contributed by atoms with Crippen molar-refractivity contribution in [1.29, 1.82) is 0 Å². The molecule has 0 atom stereocenters. The molecule has 1 heterocycles. The Morgan fingerprint density at radius 3 is 2.52 bits per heavy atom. The molecule has 0 aliphatic heterocycles. The number of nitrogens with one attached hydrogen (secondary N) is 1. The molecular weight excluding hydrogens is 343 g/mol. The van der Waals surface area contributed by atoms with E-state index in [-0.39, 0.29) is 11.7 Å². The van der Waals surface area contributed by atoms with Crippen molar-refractivity contribution in [3.05, 3.63) is 102 Å². The number of carbonyl (C=O) groups excluding carboxylic acids is 1. The smallest absolute Gasteiger partial charge is 0.244 e. The number of benzene rings is 2. The summed E-state index contributed by atoms with van der Waals surface area (Å²) in [6, 6.07) is 17.3. The molecule has 0 aliphatic carbocycles. The van der Waals surface area contributed by atoms with Gasteiger partial charge in [0.15, 0.2) is 0 Å². The van der Waals surface area contributed by atoms with Crippen molar-refractivity contribution < 1.29 is 13.9 Å². The zero-order chi connectivity index (χ0) is 18.9. The van der Waals surface area contributed by atoms with Gasteiger partial charge in [0, 0.05) is 30.6 Å². The van der Waals surface area contributed by atoms with Crippen molar-refractivity contribution in [1.82, 2.24) is 10.3 Å². The Labute approximate surface area is 157 Å². The maximum atomic E-state index is 12.8. The molecule has 1 aromatic heterocycles. The minimum Gasteiger partial charge on any atom is -0.489 e. The Morgan fingerprint density at radius 1 is 1.04 bits per heavy atom. The fourth-order valence-electron chi connectivity index (χ4n) is 2.35. The summed E-state index contributed by atoms with van der Waals surface area (Å²) < 4.78 is 18.5. The van der Waals surface area contributed by atoms with Gasteiger partial charge in [0.05, 0.1) is 0 Å². The third kappa shape index (κ3) is 6.08. The van der Waals surface area contributed by atoms with Gasteiger partial charge >= 0.3 is 0 Å². The van der Waals surface area contributed by atoms with E-state index in [1.165, 1.54) is 18.2 Å². The van der Waals surface area contributed by atoms with Crippen molar-refractivity contribution in [3.8, 4) is 5.75 Å². The molecule has 0 radical (unpaired) electrons. The Balaban J connectivity index is 1.45. The van der Waals surface area contributed by atoms with Crippen molar-refractivity contribution >= 4 is 12.0 Å². The first kappa shape index (κ1) is 18.3. The lowest BCUT2D eigenvalue weighted by Crippen LogP contribution is -2.20. The third-order valence-corrected chi connectivity index (χ3v) is 3.82. The van der Waals surface area contributed by atoms with Gasteiger partial charge in [0.2, 0.25) is 5.91 Å². The Kier molecular flexibility index (Phi) is 6.30. The van der Waals surface area contributed by atoms with Crippen molar-refractivity contribution in [2.24, 2.45) is 0 Å². The van der Waals surface area contributed by atoms with Crippen molar-refractivity contribution in [3.63, 3.8) is 0 Å². The number of pyridine rings is 1. The second-order valence-corrected chi connectivity index (χ2v) is 5.90. The standard InChI is InChI=1S/C22H19FN2O2/c23-20-8-3-17(4-9-20)7-12-22(26)25-15-18-5-10-21(11-6-18)27-16-19-2-1-13-24-14-19/h1-14H,15-16H2,(H,25,26)/b12-7+. The van der Waals surface area contributed by atoms with E-state index in [4.69, 9.17) is 4.74 Å². The van der Waals surface area contributed by atoms with Gasteiger partial charge in [-0.3, -0.25) is 9.78 Å². The summed E-state index contributed by atoms with van der Waals surface area (Å²) in [7, 11) is 0. The lowest BCUT2D eigenvalue weighted by molar-refractivity contribution is -0.116. The SMILES string of the molecule is O=C(/C=C/c1ccc(F)cc1)NCc1ccc(OCc2cccnc2)cc1. The van der Waals surface area contributed by atoms with Gasteiger partial charge < -0.3 is 10.1 Å². The Bertz CT molecular complexity index is 892. The quantitative estimate of drug-likeness (QED) is 0.643. The molecule has 4 nitrogen and oxygen atoms in total. The number of ether oxygens (including phenoxy) is 1. The van der Waals surface area contributed by atoms with Crippen molar-refractivity contribution in [2.45, 2.75) is 13.2 Å². The van der Waals surface area contributed by atoms with Gasteiger partial charge in [-0.1, -0.05) is 30.3 Å². The second-order valence-electron chi connectivity index (χ2n) is 5.90. The lowest BCUT2D eigenvalue weighted by Gasteiger charge is -2.07. The summed E-state index contributed by atoms with van der Waals surface area (Å²) in [4.78, 5) is 15.9. The van der Waals surface area contributed by atoms with Crippen LogP contribution in [0.15, 0.2) is 79.1 Å². The van der Waals surface area contributed by atoms with E-state index in [2.05, 4.69) is 10.3 Å². The number of hydrogen-bond acceptors (Lipinski definition) is 3. The fraction of sp³-hybridized carbons (Fsp3) is 0.0909. The maximum Gasteiger partial charge on any atom is 0.244 e. The lowest BCUT2D eigenvalue weighted by atomic mass is 10.2. The predicted octanol–water partition coefficient (Wildman–Crippen LogP) is 4.13. The molecule has 0 bridgehead atoms. The van der Waals surface area contributed by atoms with Gasteiger partial charge in [-0.15, -0.1) is 0 Å². The molecule has 0 fully saturated rings. The topological polar surface area (TPSA) is 51.2 Å². The van der Waals surface area contributed by atoms with Crippen LogP contribution >= 0.6 is 0 Å². The summed E-state index contributed by atoms with van der Waals surface area (Å²) in [5.41, 5.74) is 2.73.